The Morgan fingerprint density at radius 2 is 1.87 bits per heavy atom. The first-order valence-electron chi connectivity index (χ1n) is 13.6. The first kappa shape index (κ1) is 25.3. The Hall–Kier alpha value is -4.01. The second kappa shape index (κ2) is 11.0. The van der Waals surface area contributed by atoms with Gasteiger partial charge in [0.25, 0.3) is 5.91 Å². The molecule has 1 aromatic carbocycles. The summed E-state index contributed by atoms with van der Waals surface area (Å²) in [6.07, 6.45) is 3.57. The number of pyridine rings is 1. The molecular formula is C28H33N7O4. The zero-order chi connectivity index (χ0) is 26.8. The SMILES string of the molecule is CCNc1cc(Nc2ccc(C(=O)N3CCC(N4CCOCC4)CC3)c3c2OCCO3)nc2[nH]cc(C#N)c12. The highest BCUT2D eigenvalue weighted by Crippen LogP contribution is 2.43. The Kier molecular flexibility index (Phi) is 7.13. The minimum absolute atomic E-state index is 0.0341. The van der Waals surface area contributed by atoms with Crippen LogP contribution in [-0.4, -0.2) is 90.9 Å². The first-order chi connectivity index (χ1) is 19.2. The van der Waals surface area contributed by atoms with E-state index in [0.29, 0.717) is 78.7 Å². The van der Waals surface area contributed by atoms with Crippen LogP contribution in [0.15, 0.2) is 24.4 Å². The van der Waals surface area contributed by atoms with Gasteiger partial charge in [-0.15, -0.1) is 0 Å². The number of likely N-dealkylation sites (tertiary alicyclic amines) is 1. The third-order valence-corrected chi connectivity index (χ3v) is 7.62. The first-order valence-corrected chi connectivity index (χ1v) is 13.6. The molecule has 0 atom stereocenters. The topological polar surface area (TPSA) is 128 Å². The monoisotopic (exact) mass is 531 g/mol. The lowest BCUT2D eigenvalue weighted by atomic mass is 10.0. The Morgan fingerprint density at radius 1 is 1.10 bits per heavy atom. The van der Waals surface area contributed by atoms with Gasteiger partial charge >= 0.3 is 0 Å². The number of morpholine rings is 1. The van der Waals surface area contributed by atoms with Gasteiger partial charge in [0.05, 0.1) is 41.1 Å². The Bertz CT molecular complexity index is 1400. The van der Waals surface area contributed by atoms with E-state index < -0.39 is 0 Å². The predicted molar refractivity (Wildman–Crippen MR) is 147 cm³/mol. The molecule has 2 fully saturated rings. The van der Waals surface area contributed by atoms with Crippen LogP contribution in [0.1, 0.15) is 35.7 Å². The Labute approximate surface area is 227 Å². The average molecular weight is 532 g/mol. The highest BCUT2D eigenvalue weighted by atomic mass is 16.6. The zero-order valence-corrected chi connectivity index (χ0v) is 22.1. The van der Waals surface area contributed by atoms with Crippen LogP contribution in [0, 0.1) is 11.3 Å². The molecule has 5 heterocycles. The number of nitriles is 1. The largest absolute Gasteiger partial charge is 0.485 e. The third kappa shape index (κ3) is 4.93. The van der Waals surface area contributed by atoms with E-state index in [0.717, 1.165) is 50.2 Å². The molecule has 11 nitrogen and oxygen atoms in total. The number of aromatic amines is 1. The number of nitrogens with one attached hydrogen (secondary N) is 3. The smallest absolute Gasteiger partial charge is 0.257 e. The van der Waals surface area contributed by atoms with Gasteiger partial charge < -0.3 is 34.7 Å². The molecule has 39 heavy (non-hydrogen) atoms. The highest BCUT2D eigenvalue weighted by Gasteiger charge is 2.31. The van der Waals surface area contributed by atoms with E-state index in [-0.39, 0.29) is 5.91 Å². The van der Waals surface area contributed by atoms with Gasteiger partial charge in [-0.2, -0.15) is 5.26 Å². The van der Waals surface area contributed by atoms with Crippen LogP contribution in [0.5, 0.6) is 11.5 Å². The Morgan fingerprint density at radius 3 is 2.62 bits per heavy atom. The number of rotatable bonds is 6. The van der Waals surface area contributed by atoms with Gasteiger partial charge in [0.15, 0.2) is 11.5 Å². The molecule has 0 spiro atoms. The Balaban J connectivity index is 1.23. The molecule has 0 bridgehead atoms. The molecule has 3 N–H and O–H groups in total. The van der Waals surface area contributed by atoms with Crippen LogP contribution in [-0.2, 0) is 4.74 Å². The number of benzene rings is 1. The van der Waals surface area contributed by atoms with Crippen molar-refractivity contribution >= 4 is 34.1 Å². The number of ether oxygens (including phenoxy) is 3. The number of aromatic nitrogens is 2. The number of nitrogens with zero attached hydrogens (tertiary/aromatic N) is 4. The lowest BCUT2D eigenvalue weighted by Crippen LogP contribution is -2.50. The molecule has 3 aromatic rings. The fraction of sp³-hybridized carbons (Fsp3) is 0.464. The van der Waals surface area contributed by atoms with E-state index in [1.165, 1.54) is 0 Å². The number of H-pyrrole nitrogens is 1. The second-order valence-corrected chi connectivity index (χ2v) is 9.94. The minimum atomic E-state index is -0.0341. The maximum Gasteiger partial charge on any atom is 0.257 e. The lowest BCUT2D eigenvalue weighted by molar-refractivity contribution is 0.00152. The van der Waals surface area contributed by atoms with Gasteiger partial charge in [-0.25, -0.2) is 4.98 Å². The van der Waals surface area contributed by atoms with Gasteiger partial charge in [0.2, 0.25) is 0 Å². The van der Waals surface area contributed by atoms with Crippen molar-refractivity contribution in [2.75, 3.05) is 69.8 Å². The summed E-state index contributed by atoms with van der Waals surface area (Å²) in [7, 11) is 0. The van der Waals surface area contributed by atoms with E-state index in [1.54, 1.807) is 12.3 Å². The molecule has 6 rings (SSSR count). The van der Waals surface area contributed by atoms with Crippen molar-refractivity contribution in [1.82, 2.24) is 19.8 Å². The summed E-state index contributed by atoms with van der Waals surface area (Å²) < 4.78 is 17.5. The number of amides is 1. The van der Waals surface area contributed by atoms with E-state index in [9.17, 15) is 10.1 Å². The second-order valence-electron chi connectivity index (χ2n) is 9.94. The van der Waals surface area contributed by atoms with Crippen molar-refractivity contribution < 1.29 is 19.0 Å². The molecule has 0 unspecified atom stereocenters. The molecule has 3 aliphatic rings. The van der Waals surface area contributed by atoms with E-state index >= 15 is 0 Å². The van der Waals surface area contributed by atoms with Gasteiger partial charge in [0, 0.05) is 51.0 Å². The summed E-state index contributed by atoms with van der Waals surface area (Å²) in [5, 5.41) is 16.9. The average Bonchev–Trinajstić information content (AvgIpc) is 3.41. The van der Waals surface area contributed by atoms with Crippen LogP contribution in [0.4, 0.5) is 17.2 Å². The quantitative estimate of drug-likeness (QED) is 0.439. The van der Waals surface area contributed by atoms with Gasteiger partial charge in [-0.1, -0.05) is 0 Å². The molecule has 11 heteroatoms. The number of fused-ring (bicyclic) bond motifs is 2. The van der Waals surface area contributed by atoms with Crippen LogP contribution in [0.25, 0.3) is 11.0 Å². The molecule has 3 aliphatic heterocycles. The van der Waals surface area contributed by atoms with Crippen molar-refractivity contribution in [3.05, 3.63) is 35.5 Å². The zero-order valence-electron chi connectivity index (χ0n) is 22.1. The maximum absolute atomic E-state index is 13.6. The third-order valence-electron chi connectivity index (χ3n) is 7.62. The summed E-state index contributed by atoms with van der Waals surface area (Å²) in [6, 6.07) is 8.23. The van der Waals surface area contributed by atoms with E-state index in [4.69, 9.17) is 14.2 Å². The molecular weight excluding hydrogens is 498 g/mol. The van der Waals surface area contributed by atoms with Gasteiger partial charge in [0.1, 0.15) is 30.7 Å². The standard InChI is InChI=1S/C28H33N7O4/c1-2-30-22-15-23(33-27-24(22)18(16-29)17-31-27)32-21-4-3-20(25-26(21)39-14-13-38-25)28(36)35-7-5-19(6-8-35)34-9-11-37-12-10-34/h3-4,15,17,19H,2,5-14H2,1H3,(H3,30,31,32,33). The molecule has 1 amide bonds. The lowest BCUT2D eigenvalue weighted by Gasteiger charge is -2.40. The van der Waals surface area contributed by atoms with Crippen molar-refractivity contribution in [2.24, 2.45) is 0 Å². The van der Waals surface area contributed by atoms with Crippen molar-refractivity contribution in [1.29, 1.82) is 5.26 Å². The molecule has 204 valence electrons. The predicted octanol–water partition coefficient (Wildman–Crippen LogP) is 3.32. The van der Waals surface area contributed by atoms with Crippen LogP contribution in [0.2, 0.25) is 0 Å². The van der Waals surface area contributed by atoms with Crippen molar-refractivity contribution in [3.8, 4) is 17.6 Å². The summed E-state index contributed by atoms with van der Waals surface area (Å²) in [5.41, 5.74) is 3.12. The van der Waals surface area contributed by atoms with Gasteiger partial charge in [-0.3, -0.25) is 9.69 Å². The minimum Gasteiger partial charge on any atom is -0.485 e. The van der Waals surface area contributed by atoms with E-state index in [1.807, 2.05) is 24.0 Å². The number of piperidine rings is 1. The van der Waals surface area contributed by atoms with Crippen LogP contribution in [0.3, 0.4) is 0 Å². The summed E-state index contributed by atoms with van der Waals surface area (Å²) in [6.45, 7) is 8.40. The number of hydrogen-bond donors (Lipinski definition) is 3. The fourth-order valence-electron chi connectivity index (χ4n) is 5.71. The molecule has 0 saturated carbocycles. The number of anilines is 3. The van der Waals surface area contributed by atoms with Crippen LogP contribution < -0.4 is 20.1 Å². The highest BCUT2D eigenvalue weighted by molar-refractivity contribution is 6.00. The molecule has 2 saturated heterocycles. The van der Waals surface area contributed by atoms with Crippen LogP contribution >= 0.6 is 0 Å². The number of carbonyl (C=O) groups excluding carboxylic acids is 1. The normalized spacial score (nSPS) is 18.1. The molecule has 0 aliphatic carbocycles. The summed E-state index contributed by atoms with van der Waals surface area (Å²) >= 11 is 0. The summed E-state index contributed by atoms with van der Waals surface area (Å²) in [4.78, 5) is 25.8. The van der Waals surface area contributed by atoms with Crippen molar-refractivity contribution in [2.45, 2.75) is 25.8 Å². The maximum atomic E-state index is 13.6. The summed E-state index contributed by atoms with van der Waals surface area (Å²) in [5.74, 6) is 1.51. The molecule has 0 radical (unpaired) electrons. The number of hydrogen-bond acceptors (Lipinski definition) is 9. The van der Waals surface area contributed by atoms with Gasteiger partial charge in [-0.05, 0) is 31.9 Å². The number of carbonyl (C=O) groups is 1. The van der Waals surface area contributed by atoms with Crippen molar-refractivity contribution in [3.63, 3.8) is 0 Å². The van der Waals surface area contributed by atoms with E-state index in [2.05, 4.69) is 31.6 Å². The molecule has 2 aromatic heterocycles. The fourth-order valence-corrected chi connectivity index (χ4v) is 5.71.